The van der Waals surface area contributed by atoms with E-state index in [0.29, 0.717) is 6.54 Å². The van der Waals surface area contributed by atoms with E-state index in [0.717, 1.165) is 25.9 Å². The molecule has 0 heterocycles. The summed E-state index contributed by atoms with van der Waals surface area (Å²) < 4.78 is 0. The van der Waals surface area contributed by atoms with Crippen molar-refractivity contribution in [2.24, 2.45) is 5.73 Å². The van der Waals surface area contributed by atoms with Crippen LogP contribution in [0.1, 0.15) is 19.8 Å². The Morgan fingerprint density at radius 3 is 2.64 bits per heavy atom. The van der Waals surface area contributed by atoms with Gasteiger partial charge in [0.1, 0.15) is 0 Å². The second-order valence-electron chi connectivity index (χ2n) is 2.82. The van der Waals surface area contributed by atoms with Gasteiger partial charge in [0, 0.05) is 13.1 Å². The molecule has 0 spiro atoms. The van der Waals surface area contributed by atoms with Gasteiger partial charge in [-0.25, -0.2) is 9.78 Å². The number of hydrogen-bond acceptors (Lipinski definition) is 5. The quantitative estimate of drug-likeness (QED) is 0.222. The topological polar surface area (TPSA) is 65.7 Å². The third kappa shape index (κ3) is 12.0. The van der Waals surface area contributed by atoms with E-state index < -0.39 is 0 Å². The van der Waals surface area contributed by atoms with Crippen LogP contribution in [0.2, 0.25) is 0 Å². The molecule has 0 aromatic heterocycles. The van der Waals surface area contributed by atoms with Crippen molar-refractivity contribution >= 4 is 11.0 Å². The highest BCUT2D eigenvalue weighted by Gasteiger charge is 2.02. The molecule has 0 fully saturated rings. The van der Waals surface area contributed by atoms with Crippen molar-refractivity contribution in [3.8, 4) is 0 Å². The minimum atomic E-state index is 0. The van der Waals surface area contributed by atoms with Crippen molar-refractivity contribution in [1.29, 1.82) is 0 Å². The minimum absolute atomic E-state index is 0. The smallest absolute Gasteiger partial charge is 0.0933 e. The fraction of sp³-hybridized carbons (Fsp3) is 1.00. The van der Waals surface area contributed by atoms with Gasteiger partial charge in [0.25, 0.3) is 0 Å². The van der Waals surface area contributed by atoms with Crippen LogP contribution in [0.25, 0.3) is 0 Å². The lowest BCUT2D eigenvalue weighted by molar-refractivity contribution is -0.515. The monoisotopic (exact) mass is 224 g/mol. The summed E-state index contributed by atoms with van der Waals surface area (Å²) in [6, 6.07) is 0. The SMILES string of the molecule is COOOC(C)CCCNCCN.[SiH4]. The Hall–Kier alpha value is 0.0169. The van der Waals surface area contributed by atoms with Crippen molar-refractivity contribution in [3.63, 3.8) is 0 Å². The molecule has 0 aliphatic heterocycles. The van der Waals surface area contributed by atoms with Gasteiger partial charge in [-0.05, 0) is 37.3 Å². The van der Waals surface area contributed by atoms with E-state index in [4.69, 9.17) is 10.6 Å². The van der Waals surface area contributed by atoms with Crippen molar-refractivity contribution in [2.75, 3.05) is 26.7 Å². The Labute approximate surface area is 90.2 Å². The Kier molecular flexibility index (Phi) is 15.3. The largest absolute Gasteiger partial charge is 0.329 e. The maximum atomic E-state index is 5.31. The van der Waals surface area contributed by atoms with E-state index >= 15 is 0 Å². The number of rotatable bonds is 9. The zero-order valence-corrected chi connectivity index (χ0v) is 8.41. The van der Waals surface area contributed by atoms with Crippen LogP contribution >= 0.6 is 0 Å². The molecule has 0 rings (SSSR count). The molecule has 0 bridgehead atoms. The first kappa shape index (κ1) is 16.4. The summed E-state index contributed by atoms with van der Waals surface area (Å²) in [5.74, 6) is 0. The third-order valence-corrected chi connectivity index (χ3v) is 1.56. The van der Waals surface area contributed by atoms with Crippen LogP contribution in [0.15, 0.2) is 0 Å². The van der Waals surface area contributed by atoms with E-state index in [9.17, 15) is 0 Å². The zero-order valence-electron chi connectivity index (χ0n) is 8.41. The lowest BCUT2D eigenvalue weighted by atomic mass is 10.2. The summed E-state index contributed by atoms with van der Waals surface area (Å²) >= 11 is 0. The zero-order chi connectivity index (χ0) is 9.94. The van der Waals surface area contributed by atoms with Crippen molar-refractivity contribution < 1.29 is 14.8 Å². The van der Waals surface area contributed by atoms with Crippen molar-refractivity contribution in [1.82, 2.24) is 5.32 Å². The molecule has 0 aromatic rings. The average Bonchev–Trinajstić information content (AvgIpc) is 2.14. The van der Waals surface area contributed by atoms with E-state index in [-0.39, 0.29) is 17.1 Å². The summed E-state index contributed by atoms with van der Waals surface area (Å²) in [5, 5.41) is 7.53. The maximum absolute atomic E-state index is 5.31. The molecule has 0 radical (unpaired) electrons. The molecule has 0 aromatic carbocycles. The second kappa shape index (κ2) is 13.0. The van der Waals surface area contributed by atoms with Crippen molar-refractivity contribution in [2.45, 2.75) is 25.9 Å². The Morgan fingerprint density at radius 1 is 1.36 bits per heavy atom. The number of nitrogens with one attached hydrogen (secondary N) is 1. The molecule has 6 heteroatoms. The normalized spacial score (nSPS) is 12.2. The van der Waals surface area contributed by atoms with Gasteiger partial charge in [-0.1, -0.05) is 5.04 Å². The van der Waals surface area contributed by atoms with Crippen LogP contribution in [0.5, 0.6) is 0 Å². The molecule has 0 saturated heterocycles. The van der Waals surface area contributed by atoms with E-state index in [2.05, 4.69) is 15.2 Å². The maximum Gasteiger partial charge on any atom is 0.0933 e. The van der Waals surface area contributed by atoms with Crippen LogP contribution < -0.4 is 11.1 Å². The van der Waals surface area contributed by atoms with Crippen molar-refractivity contribution in [3.05, 3.63) is 0 Å². The van der Waals surface area contributed by atoms with E-state index in [1.54, 1.807) is 0 Å². The molecule has 0 aliphatic carbocycles. The second-order valence-corrected chi connectivity index (χ2v) is 2.82. The highest BCUT2D eigenvalue weighted by atomic mass is 28.1. The highest BCUT2D eigenvalue weighted by Crippen LogP contribution is 2.00. The van der Waals surface area contributed by atoms with Gasteiger partial charge in [-0.3, -0.25) is 0 Å². The first-order chi connectivity index (χ1) is 6.31. The molecule has 1 unspecified atom stereocenters. The van der Waals surface area contributed by atoms with Crippen LogP contribution in [-0.2, 0) is 14.8 Å². The molecule has 14 heavy (non-hydrogen) atoms. The average molecular weight is 224 g/mol. The Morgan fingerprint density at radius 2 is 2.07 bits per heavy atom. The van der Waals surface area contributed by atoms with Gasteiger partial charge in [0.05, 0.1) is 13.2 Å². The predicted molar refractivity (Wildman–Crippen MR) is 61.1 cm³/mol. The minimum Gasteiger partial charge on any atom is -0.329 e. The lowest BCUT2D eigenvalue weighted by Gasteiger charge is -2.09. The van der Waals surface area contributed by atoms with Gasteiger partial charge in [0.2, 0.25) is 0 Å². The molecule has 0 amide bonds. The summed E-state index contributed by atoms with van der Waals surface area (Å²) in [7, 11) is 1.41. The lowest BCUT2D eigenvalue weighted by Crippen LogP contribution is -2.24. The standard InChI is InChI=1S/C8H20N2O3.H4Si/c1-8(12-13-11-2)4-3-6-10-7-5-9;/h8,10H,3-7,9H2,1-2H3;1H4. The highest BCUT2D eigenvalue weighted by molar-refractivity contribution is 5.75. The van der Waals surface area contributed by atoms with Gasteiger partial charge >= 0.3 is 0 Å². The fourth-order valence-corrected chi connectivity index (χ4v) is 0.896. The molecule has 3 N–H and O–H groups in total. The molecular weight excluding hydrogens is 200 g/mol. The first-order valence-electron chi connectivity index (χ1n) is 4.58. The first-order valence-corrected chi connectivity index (χ1v) is 4.58. The fourth-order valence-electron chi connectivity index (χ4n) is 0.896. The summed E-state index contributed by atoms with van der Waals surface area (Å²) in [6.45, 7) is 4.43. The number of nitrogens with two attached hydrogens (primary N) is 1. The van der Waals surface area contributed by atoms with Crippen LogP contribution in [0, 0.1) is 0 Å². The van der Waals surface area contributed by atoms with Crippen LogP contribution in [-0.4, -0.2) is 43.8 Å². The van der Waals surface area contributed by atoms with E-state index in [1.165, 1.54) is 7.11 Å². The number of hydrogen-bond donors (Lipinski definition) is 2. The molecule has 0 aliphatic rings. The third-order valence-electron chi connectivity index (χ3n) is 1.56. The summed E-state index contributed by atoms with van der Waals surface area (Å²) in [4.78, 5) is 9.13. The van der Waals surface area contributed by atoms with Crippen LogP contribution in [0.3, 0.4) is 0 Å². The Bertz CT molecular complexity index is 109. The predicted octanol–water partition coefficient (Wildman–Crippen LogP) is -1.24. The molecule has 0 saturated carbocycles. The van der Waals surface area contributed by atoms with Gasteiger partial charge in [-0.15, -0.1) is 0 Å². The summed E-state index contributed by atoms with van der Waals surface area (Å²) in [5.41, 5.74) is 5.31. The molecule has 88 valence electrons. The summed E-state index contributed by atoms with van der Waals surface area (Å²) in [6.07, 6.45) is 2.02. The molecule has 1 atom stereocenters. The van der Waals surface area contributed by atoms with Crippen LogP contribution in [0.4, 0.5) is 0 Å². The Balaban J connectivity index is 0. The van der Waals surface area contributed by atoms with E-state index in [1.807, 2.05) is 6.92 Å². The van der Waals surface area contributed by atoms with Gasteiger partial charge in [-0.2, -0.15) is 0 Å². The molecule has 5 nitrogen and oxygen atoms in total. The van der Waals surface area contributed by atoms with Gasteiger partial charge < -0.3 is 11.1 Å². The van der Waals surface area contributed by atoms with Gasteiger partial charge in [0.15, 0.2) is 0 Å². The molecular formula is C8H24N2O3Si.